The molecule has 6 aliphatic rings. The number of benzene rings is 2. The van der Waals surface area contributed by atoms with Gasteiger partial charge >= 0.3 is 0 Å². The highest BCUT2D eigenvalue weighted by Crippen LogP contribution is 2.84. The summed E-state index contributed by atoms with van der Waals surface area (Å²) in [6.45, 7) is 7.91. The lowest BCUT2D eigenvalue weighted by molar-refractivity contribution is -0.349. The first-order valence-electron chi connectivity index (χ1n) is 15.2. The molecule has 8 rings (SSSR count). The molecule has 3 saturated heterocycles. The van der Waals surface area contributed by atoms with Gasteiger partial charge in [-0.05, 0) is 117 Å². The van der Waals surface area contributed by atoms with Crippen molar-refractivity contribution in [2.45, 2.75) is 62.9 Å². The molecular formula is C33H41N3O2. The van der Waals surface area contributed by atoms with Gasteiger partial charge in [-0.1, -0.05) is 31.2 Å². The molecule has 2 bridgehead atoms. The molecule has 2 aromatic carbocycles. The lowest BCUT2D eigenvalue weighted by Crippen LogP contribution is -2.90. The summed E-state index contributed by atoms with van der Waals surface area (Å²) in [5.74, 6) is 3.19. The van der Waals surface area contributed by atoms with Crippen LogP contribution in [0.4, 0.5) is 0 Å². The van der Waals surface area contributed by atoms with E-state index in [1.807, 2.05) is 36.4 Å². The molecule has 1 spiro atoms. The fraction of sp³-hybridized carbons (Fsp3) is 0.606. The summed E-state index contributed by atoms with van der Waals surface area (Å²) < 4.78 is 0. The minimum atomic E-state index is 0.0861. The van der Waals surface area contributed by atoms with E-state index in [1.165, 1.54) is 43.5 Å². The summed E-state index contributed by atoms with van der Waals surface area (Å²) in [5.41, 5.74) is 4.11. The molecule has 2 aromatic rings. The van der Waals surface area contributed by atoms with Crippen LogP contribution in [0.15, 0.2) is 48.5 Å². The Kier molecular flexibility index (Phi) is 5.14. The highest BCUT2D eigenvalue weighted by Gasteiger charge is 2.85. The second kappa shape index (κ2) is 8.32. The number of aromatic hydroxyl groups is 1. The van der Waals surface area contributed by atoms with Crippen molar-refractivity contribution >= 4 is 5.91 Å². The number of hydrogen-bond acceptors (Lipinski definition) is 4. The summed E-state index contributed by atoms with van der Waals surface area (Å²) in [6, 6.07) is 17.0. The Labute approximate surface area is 226 Å². The SMILES string of the molecule is CCC1C2C3[C@@H](CN1C(=O)c1ccccc1)CC31C3Cc4ccc(O)cc4C21CCN3CC1CCCNC1. The number of carbonyl (C=O) groups excluding carboxylic acids is 1. The quantitative estimate of drug-likeness (QED) is 0.637. The average molecular weight is 512 g/mol. The Balaban J connectivity index is 1.21. The molecule has 38 heavy (non-hydrogen) atoms. The number of nitrogens with one attached hydrogen (secondary N) is 1. The summed E-state index contributed by atoms with van der Waals surface area (Å²) >= 11 is 0. The van der Waals surface area contributed by atoms with Crippen LogP contribution in [0.1, 0.15) is 60.5 Å². The van der Waals surface area contributed by atoms with Gasteiger partial charge < -0.3 is 15.3 Å². The van der Waals surface area contributed by atoms with Gasteiger partial charge in [0.1, 0.15) is 5.75 Å². The van der Waals surface area contributed by atoms with Crippen LogP contribution in [-0.2, 0) is 11.8 Å². The number of hydrogen-bond donors (Lipinski definition) is 2. The Morgan fingerprint density at radius 1 is 1.16 bits per heavy atom. The molecule has 8 atom stereocenters. The highest BCUT2D eigenvalue weighted by molar-refractivity contribution is 5.94. The molecule has 7 unspecified atom stereocenters. The maximum absolute atomic E-state index is 13.9. The third kappa shape index (κ3) is 2.82. The predicted octanol–water partition coefficient (Wildman–Crippen LogP) is 4.45. The number of fused-ring (bicyclic) bond motifs is 1. The van der Waals surface area contributed by atoms with Crippen LogP contribution in [0, 0.1) is 29.1 Å². The monoisotopic (exact) mass is 511 g/mol. The van der Waals surface area contributed by atoms with Gasteiger partial charge in [-0.2, -0.15) is 0 Å². The van der Waals surface area contributed by atoms with Crippen molar-refractivity contribution in [2.75, 3.05) is 32.7 Å². The zero-order valence-corrected chi connectivity index (χ0v) is 22.6. The third-order valence-electron chi connectivity index (χ3n) is 12.1. The summed E-state index contributed by atoms with van der Waals surface area (Å²) in [7, 11) is 0. The Bertz CT molecular complexity index is 1260. The molecule has 2 saturated carbocycles. The molecule has 200 valence electrons. The smallest absolute Gasteiger partial charge is 0.254 e. The molecule has 3 aliphatic carbocycles. The average Bonchev–Trinajstić information content (AvgIpc) is 2.93. The highest BCUT2D eigenvalue weighted by atomic mass is 16.3. The third-order valence-corrected chi connectivity index (χ3v) is 12.1. The summed E-state index contributed by atoms with van der Waals surface area (Å²) in [6.07, 6.45) is 7.18. The van der Waals surface area contributed by atoms with Crippen LogP contribution in [0.3, 0.4) is 0 Å². The number of phenolic OH excluding ortho intramolecular Hbond substituents is 1. The predicted molar refractivity (Wildman–Crippen MR) is 148 cm³/mol. The van der Waals surface area contributed by atoms with Crippen LogP contribution >= 0.6 is 0 Å². The number of amides is 1. The van der Waals surface area contributed by atoms with Crippen LogP contribution in [0.25, 0.3) is 0 Å². The van der Waals surface area contributed by atoms with Crippen LogP contribution in [0.5, 0.6) is 5.75 Å². The minimum Gasteiger partial charge on any atom is -0.508 e. The van der Waals surface area contributed by atoms with Crippen molar-refractivity contribution in [3.8, 4) is 5.75 Å². The van der Waals surface area contributed by atoms with Crippen LogP contribution in [0.2, 0.25) is 0 Å². The fourth-order valence-electron chi connectivity index (χ4n) is 11.1. The maximum Gasteiger partial charge on any atom is 0.254 e. The van der Waals surface area contributed by atoms with E-state index in [0.29, 0.717) is 35.0 Å². The Morgan fingerprint density at radius 3 is 2.82 bits per heavy atom. The van der Waals surface area contributed by atoms with E-state index in [9.17, 15) is 9.90 Å². The van der Waals surface area contributed by atoms with Gasteiger partial charge in [0.15, 0.2) is 0 Å². The van der Waals surface area contributed by atoms with Gasteiger partial charge in [0.25, 0.3) is 5.91 Å². The maximum atomic E-state index is 13.9. The van der Waals surface area contributed by atoms with Crippen molar-refractivity contribution in [1.29, 1.82) is 0 Å². The normalized spacial score (nSPS) is 40.7. The van der Waals surface area contributed by atoms with E-state index in [1.54, 1.807) is 0 Å². The Morgan fingerprint density at radius 2 is 2.03 bits per heavy atom. The van der Waals surface area contributed by atoms with Gasteiger partial charge in [0.2, 0.25) is 0 Å². The topological polar surface area (TPSA) is 55.8 Å². The largest absolute Gasteiger partial charge is 0.508 e. The van der Waals surface area contributed by atoms with Crippen molar-refractivity contribution in [1.82, 2.24) is 15.1 Å². The van der Waals surface area contributed by atoms with E-state index >= 15 is 0 Å². The molecule has 1 amide bonds. The Hall–Kier alpha value is -2.37. The lowest BCUT2D eigenvalue weighted by Gasteiger charge is -2.88. The minimum absolute atomic E-state index is 0.0861. The van der Waals surface area contributed by atoms with E-state index in [-0.39, 0.29) is 17.4 Å². The zero-order chi connectivity index (χ0) is 25.6. The van der Waals surface area contributed by atoms with Gasteiger partial charge in [0.05, 0.1) is 0 Å². The van der Waals surface area contributed by atoms with E-state index in [0.717, 1.165) is 50.4 Å². The van der Waals surface area contributed by atoms with Gasteiger partial charge in [-0.25, -0.2) is 0 Å². The van der Waals surface area contributed by atoms with Crippen molar-refractivity contribution in [3.63, 3.8) is 0 Å². The van der Waals surface area contributed by atoms with Gasteiger partial charge in [-0.15, -0.1) is 0 Å². The van der Waals surface area contributed by atoms with Crippen molar-refractivity contribution < 1.29 is 9.90 Å². The number of piperidine rings is 3. The standard InChI is InChI=1S/C33H41N3O2/c1-2-27-30-29-24(20-36(27)31(38)22-8-4-3-5-9-22)17-33(29)28-15-23-10-11-25(37)16-26(23)32(30,33)12-14-35(28)19-21-7-6-13-34-18-21/h3-5,8-11,16,21,24,27-30,34,37H,2,6-7,12-15,17-20H2,1H3/t21?,24-,27?,28?,29?,30?,32?,33?/m1/s1. The number of phenols is 1. The number of nitrogens with zero attached hydrogens (tertiary/aromatic N) is 2. The first-order valence-corrected chi connectivity index (χ1v) is 15.2. The van der Waals surface area contributed by atoms with Gasteiger partial charge in [0, 0.05) is 41.6 Å². The second-order valence-electron chi connectivity index (χ2n) is 13.3. The molecule has 5 heteroatoms. The lowest BCUT2D eigenvalue weighted by atomic mass is 9.20. The van der Waals surface area contributed by atoms with E-state index in [4.69, 9.17) is 0 Å². The molecule has 5 nitrogen and oxygen atoms in total. The van der Waals surface area contributed by atoms with Crippen LogP contribution in [-0.4, -0.2) is 65.6 Å². The number of likely N-dealkylation sites (tertiary alicyclic amines) is 2. The molecule has 2 N–H and O–H groups in total. The van der Waals surface area contributed by atoms with E-state index in [2.05, 4.69) is 34.2 Å². The molecule has 5 fully saturated rings. The van der Waals surface area contributed by atoms with Crippen molar-refractivity contribution in [3.05, 3.63) is 65.2 Å². The van der Waals surface area contributed by atoms with Gasteiger partial charge in [-0.3, -0.25) is 9.69 Å². The molecule has 3 heterocycles. The number of rotatable bonds is 4. The molecule has 0 aromatic heterocycles. The molecule has 3 aliphatic heterocycles. The summed E-state index contributed by atoms with van der Waals surface area (Å²) in [5, 5.41) is 14.4. The second-order valence-corrected chi connectivity index (χ2v) is 13.3. The molecule has 0 radical (unpaired) electrons. The zero-order valence-electron chi connectivity index (χ0n) is 22.6. The van der Waals surface area contributed by atoms with Crippen molar-refractivity contribution in [2.24, 2.45) is 29.1 Å². The van der Waals surface area contributed by atoms with Crippen LogP contribution < -0.4 is 5.32 Å². The van der Waals surface area contributed by atoms with E-state index < -0.39 is 0 Å². The first kappa shape index (κ1) is 23.5. The fourth-order valence-corrected chi connectivity index (χ4v) is 11.1. The molecular weight excluding hydrogens is 470 g/mol. The first-order chi connectivity index (χ1) is 18.6. The summed E-state index contributed by atoms with van der Waals surface area (Å²) in [4.78, 5) is 19.1. The number of carbonyl (C=O) groups is 1.